The minimum atomic E-state index is -1.23. The van der Waals surface area contributed by atoms with Crippen molar-refractivity contribution < 1.29 is 19.4 Å². The first-order chi connectivity index (χ1) is 9.76. The summed E-state index contributed by atoms with van der Waals surface area (Å²) in [6.07, 6.45) is -0.101. The van der Waals surface area contributed by atoms with E-state index in [0.717, 1.165) is 6.42 Å². The topological polar surface area (TPSA) is 75.6 Å². The summed E-state index contributed by atoms with van der Waals surface area (Å²) in [4.78, 5) is 23.1. The van der Waals surface area contributed by atoms with Crippen molar-refractivity contribution in [2.45, 2.75) is 39.3 Å². The molecule has 0 bridgehead atoms. The largest absolute Gasteiger partial charge is 0.478 e. The molecule has 1 rings (SSSR count). The van der Waals surface area contributed by atoms with Crippen LogP contribution in [0.15, 0.2) is 12.1 Å². The molecule has 7 heteroatoms. The van der Waals surface area contributed by atoms with Gasteiger partial charge in [0.1, 0.15) is 5.56 Å². The number of benzene rings is 1. The summed E-state index contributed by atoms with van der Waals surface area (Å²) < 4.78 is 5.42. The maximum absolute atomic E-state index is 11.9. The fourth-order valence-corrected chi connectivity index (χ4v) is 2.07. The van der Waals surface area contributed by atoms with Gasteiger partial charge in [0.2, 0.25) is 0 Å². The van der Waals surface area contributed by atoms with Crippen LogP contribution in [0.1, 0.15) is 37.6 Å². The average molecular weight is 334 g/mol. The lowest BCUT2D eigenvalue weighted by atomic mass is 10.2. The number of hydrogen-bond acceptors (Lipinski definition) is 3. The van der Waals surface area contributed by atoms with Crippen molar-refractivity contribution in [2.75, 3.05) is 0 Å². The molecule has 116 valence electrons. The molecule has 2 atom stereocenters. The molecule has 1 aromatic carbocycles. The first-order valence-electron chi connectivity index (χ1n) is 6.45. The molecular weight excluding hydrogens is 317 g/mol. The molecule has 0 spiro atoms. The Balaban J connectivity index is 2.97. The molecule has 0 saturated heterocycles. The van der Waals surface area contributed by atoms with Crippen LogP contribution in [0.3, 0.4) is 0 Å². The van der Waals surface area contributed by atoms with E-state index >= 15 is 0 Å². The van der Waals surface area contributed by atoms with Gasteiger partial charge in [0.15, 0.2) is 11.9 Å². The van der Waals surface area contributed by atoms with E-state index in [0.29, 0.717) is 0 Å². The molecule has 0 radical (unpaired) electrons. The number of amides is 1. The number of carbonyl (C=O) groups excluding carboxylic acids is 1. The molecule has 2 N–H and O–H groups in total. The van der Waals surface area contributed by atoms with Crippen LogP contribution in [0.2, 0.25) is 10.0 Å². The molecule has 0 heterocycles. The molecule has 1 amide bonds. The van der Waals surface area contributed by atoms with Gasteiger partial charge < -0.3 is 15.2 Å². The first kappa shape index (κ1) is 17.6. The number of carboxylic acids is 1. The Morgan fingerprint density at radius 2 is 1.95 bits per heavy atom. The first-order valence-corrected chi connectivity index (χ1v) is 7.21. The zero-order valence-electron chi connectivity index (χ0n) is 11.9. The minimum absolute atomic E-state index is 0.00295. The van der Waals surface area contributed by atoms with E-state index in [1.165, 1.54) is 19.1 Å². The number of nitrogens with one attached hydrogen (secondary N) is 1. The van der Waals surface area contributed by atoms with Crippen LogP contribution in [-0.4, -0.2) is 29.1 Å². The highest BCUT2D eigenvalue weighted by molar-refractivity contribution is 6.36. The van der Waals surface area contributed by atoms with Crippen molar-refractivity contribution in [1.29, 1.82) is 0 Å². The second-order valence-corrected chi connectivity index (χ2v) is 5.49. The van der Waals surface area contributed by atoms with Crippen LogP contribution in [0, 0.1) is 0 Å². The number of carbonyl (C=O) groups is 2. The molecule has 0 aliphatic carbocycles. The lowest BCUT2D eigenvalue weighted by Crippen LogP contribution is -2.41. The summed E-state index contributed by atoms with van der Waals surface area (Å²) in [5.74, 6) is -1.64. The lowest BCUT2D eigenvalue weighted by molar-refractivity contribution is -0.127. The van der Waals surface area contributed by atoms with Gasteiger partial charge in [0.05, 0.1) is 5.02 Å². The van der Waals surface area contributed by atoms with Gasteiger partial charge in [-0.05, 0) is 32.4 Å². The number of hydrogen-bond donors (Lipinski definition) is 2. The predicted molar refractivity (Wildman–Crippen MR) is 81.4 cm³/mol. The molecule has 0 fully saturated rings. The van der Waals surface area contributed by atoms with Crippen molar-refractivity contribution in [1.82, 2.24) is 5.32 Å². The summed E-state index contributed by atoms with van der Waals surface area (Å²) in [6, 6.07) is 2.59. The number of aromatic carboxylic acids is 1. The minimum Gasteiger partial charge on any atom is -0.478 e. The van der Waals surface area contributed by atoms with E-state index in [1.807, 2.05) is 13.8 Å². The van der Waals surface area contributed by atoms with E-state index in [-0.39, 0.29) is 33.3 Å². The van der Waals surface area contributed by atoms with E-state index in [4.69, 9.17) is 33.0 Å². The summed E-state index contributed by atoms with van der Waals surface area (Å²) >= 11 is 11.7. The smallest absolute Gasteiger partial charge is 0.339 e. The van der Waals surface area contributed by atoms with E-state index in [2.05, 4.69) is 5.32 Å². The predicted octanol–water partition coefficient (Wildman–Crippen LogP) is 3.37. The quantitative estimate of drug-likeness (QED) is 0.836. The zero-order chi connectivity index (χ0) is 16.2. The molecular formula is C14H17Cl2NO4. The third-order valence-corrected chi connectivity index (χ3v) is 3.40. The molecule has 21 heavy (non-hydrogen) atoms. The molecule has 5 nitrogen and oxygen atoms in total. The van der Waals surface area contributed by atoms with Crippen molar-refractivity contribution in [3.8, 4) is 5.75 Å². The number of rotatable bonds is 6. The van der Waals surface area contributed by atoms with Gasteiger partial charge in [-0.15, -0.1) is 0 Å². The maximum atomic E-state index is 11.9. The Hall–Kier alpha value is -1.46. The number of halogens is 2. The van der Waals surface area contributed by atoms with Gasteiger partial charge in [-0.3, -0.25) is 4.79 Å². The summed E-state index contributed by atoms with van der Waals surface area (Å²) in [5.41, 5.74) is -0.185. The third-order valence-electron chi connectivity index (χ3n) is 2.90. The van der Waals surface area contributed by atoms with E-state index in [9.17, 15) is 9.59 Å². The highest BCUT2D eigenvalue weighted by Crippen LogP contribution is 2.33. The van der Waals surface area contributed by atoms with Gasteiger partial charge in [0.25, 0.3) is 5.91 Å². The Morgan fingerprint density at radius 3 is 2.48 bits per heavy atom. The Bertz CT molecular complexity index is 548. The van der Waals surface area contributed by atoms with Crippen LogP contribution in [0.5, 0.6) is 5.75 Å². The van der Waals surface area contributed by atoms with Gasteiger partial charge in [0, 0.05) is 11.1 Å². The zero-order valence-corrected chi connectivity index (χ0v) is 13.5. The lowest BCUT2D eigenvalue weighted by Gasteiger charge is -2.19. The van der Waals surface area contributed by atoms with Gasteiger partial charge in [-0.25, -0.2) is 4.79 Å². The Kier molecular flexibility index (Phi) is 6.30. The fraction of sp³-hybridized carbons (Fsp3) is 0.429. The van der Waals surface area contributed by atoms with Crippen molar-refractivity contribution >= 4 is 35.1 Å². The molecule has 1 aromatic rings. The monoisotopic (exact) mass is 333 g/mol. The van der Waals surface area contributed by atoms with Crippen molar-refractivity contribution in [3.05, 3.63) is 27.7 Å². The second kappa shape index (κ2) is 7.52. The van der Waals surface area contributed by atoms with Crippen molar-refractivity contribution in [2.24, 2.45) is 0 Å². The van der Waals surface area contributed by atoms with E-state index < -0.39 is 12.1 Å². The molecule has 0 aliphatic rings. The summed E-state index contributed by atoms with van der Waals surface area (Å²) in [7, 11) is 0. The maximum Gasteiger partial charge on any atom is 0.339 e. The second-order valence-electron chi connectivity index (χ2n) is 4.65. The normalized spacial score (nSPS) is 13.4. The van der Waals surface area contributed by atoms with Crippen LogP contribution in [-0.2, 0) is 4.79 Å². The third kappa shape index (κ3) is 4.79. The molecule has 0 saturated carbocycles. The van der Waals surface area contributed by atoms with Crippen LogP contribution in [0.4, 0.5) is 0 Å². The summed E-state index contributed by atoms with van der Waals surface area (Å²) in [6.45, 7) is 5.33. The van der Waals surface area contributed by atoms with Crippen LogP contribution in [0.25, 0.3) is 0 Å². The number of ether oxygens (including phenoxy) is 1. The molecule has 2 unspecified atom stereocenters. The highest BCUT2D eigenvalue weighted by Gasteiger charge is 2.22. The van der Waals surface area contributed by atoms with Crippen LogP contribution < -0.4 is 10.1 Å². The van der Waals surface area contributed by atoms with Crippen LogP contribution >= 0.6 is 23.2 Å². The van der Waals surface area contributed by atoms with E-state index in [1.54, 1.807) is 0 Å². The van der Waals surface area contributed by atoms with Gasteiger partial charge in [-0.2, -0.15) is 0 Å². The molecule has 0 aromatic heterocycles. The number of carboxylic acid groups (broad SMARTS) is 1. The van der Waals surface area contributed by atoms with Crippen molar-refractivity contribution in [3.63, 3.8) is 0 Å². The SMILES string of the molecule is CCC(C)NC(=O)C(C)Oc1c(Cl)cc(Cl)cc1C(=O)O. The Morgan fingerprint density at radius 1 is 1.33 bits per heavy atom. The van der Waals surface area contributed by atoms with Gasteiger partial charge >= 0.3 is 5.97 Å². The standard InChI is InChI=1S/C14H17Cl2NO4/c1-4-7(2)17-13(18)8(3)21-12-10(14(19)20)5-9(15)6-11(12)16/h5-8H,4H2,1-3H3,(H,17,18)(H,19,20). The van der Waals surface area contributed by atoms with Gasteiger partial charge in [-0.1, -0.05) is 30.1 Å². The molecule has 0 aliphatic heterocycles. The average Bonchev–Trinajstić information content (AvgIpc) is 2.40. The summed E-state index contributed by atoms with van der Waals surface area (Å²) in [5, 5.41) is 12.1. The fourth-order valence-electron chi connectivity index (χ4n) is 1.53. The highest BCUT2D eigenvalue weighted by atomic mass is 35.5. The Labute approximate surface area is 133 Å².